The molecule has 5 heterocycles. The monoisotopic (exact) mass is 555 g/mol. The van der Waals surface area contributed by atoms with Crippen LogP contribution >= 0.6 is 11.3 Å². The summed E-state index contributed by atoms with van der Waals surface area (Å²) in [5.74, 6) is -3.47. The lowest BCUT2D eigenvalue weighted by molar-refractivity contribution is -0.141. The van der Waals surface area contributed by atoms with E-state index in [9.17, 15) is 19.1 Å². The SMILES string of the molecule is C[C@H](Nc1nc(-c2c[nH]c3ncc(F)cc23)nc(-c2ccc(C(=O)N3CCN(C)CC3)s2)c1F)[C@H](C)C(=O)O. The van der Waals surface area contributed by atoms with Crippen molar-refractivity contribution in [1.82, 2.24) is 29.7 Å². The topological polar surface area (TPSA) is 127 Å². The average Bonchev–Trinajstić information content (AvgIpc) is 3.57. The molecule has 0 unspecified atom stereocenters. The molecule has 13 heteroatoms. The van der Waals surface area contributed by atoms with Gasteiger partial charge >= 0.3 is 5.97 Å². The maximum absolute atomic E-state index is 15.9. The van der Waals surface area contributed by atoms with Gasteiger partial charge in [0, 0.05) is 49.4 Å². The number of nitrogens with zero attached hydrogens (tertiary/aromatic N) is 5. The van der Waals surface area contributed by atoms with Crippen molar-refractivity contribution in [3.05, 3.63) is 47.1 Å². The van der Waals surface area contributed by atoms with Gasteiger partial charge in [0.05, 0.1) is 21.9 Å². The molecule has 0 aliphatic carbocycles. The number of carbonyl (C=O) groups excluding carboxylic acids is 1. The number of rotatable bonds is 7. The summed E-state index contributed by atoms with van der Waals surface area (Å²) in [6, 6.07) is 3.88. The molecule has 1 fully saturated rings. The normalized spacial score (nSPS) is 15.9. The fourth-order valence-electron chi connectivity index (χ4n) is 4.29. The summed E-state index contributed by atoms with van der Waals surface area (Å²) in [6.07, 6.45) is 2.63. The smallest absolute Gasteiger partial charge is 0.308 e. The van der Waals surface area contributed by atoms with Gasteiger partial charge in [-0.3, -0.25) is 9.59 Å². The highest BCUT2D eigenvalue weighted by Crippen LogP contribution is 2.35. The summed E-state index contributed by atoms with van der Waals surface area (Å²) in [4.78, 5) is 45.2. The first-order valence-corrected chi connectivity index (χ1v) is 13.2. The Balaban J connectivity index is 1.57. The lowest BCUT2D eigenvalue weighted by atomic mass is 10.0. The summed E-state index contributed by atoms with van der Waals surface area (Å²) in [5, 5.41) is 12.7. The highest BCUT2D eigenvalue weighted by atomic mass is 32.1. The largest absolute Gasteiger partial charge is 0.481 e. The Morgan fingerprint density at radius 1 is 1.15 bits per heavy atom. The molecular weight excluding hydrogens is 528 g/mol. The first-order valence-electron chi connectivity index (χ1n) is 12.4. The van der Waals surface area contributed by atoms with Crippen LogP contribution in [-0.4, -0.2) is 86.0 Å². The minimum Gasteiger partial charge on any atom is -0.481 e. The fraction of sp³-hybridized carbons (Fsp3) is 0.346. The Hall–Kier alpha value is -3.97. The number of carbonyl (C=O) groups is 2. The molecule has 0 radical (unpaired) electrons. The Kier molecular flexibility index (Phi) is 7.28. The van der Waals surface area contributed by atoms with Gasteiger partial charge in [-0.1, -0.05) is 0 Å². The maximum Gasteiger partial charge on any atom is 0.308 e. The third-order valence-corrected chi connectivity index (χ3v) is 8.01. The predicted molar refractivity (Wildman–Crippen MR) is 144 cm³/mol. The van der Waals surface area contributed by atoms with Crippen LogP contribution in [0.25, 0.3) is 33.0 Å². The maximum atomic E-state index is 15.9. The van der Waals surface area contributed by atoms with Crippen LogP contribution in [-0.2, 0) is 4.79 Å². The van der Waals surface area contributed by atoms with Gasteiger partial charge in [0.25, 0.3) is 5.91 Å². The Labute approximate surface area is 226 Å². The Bertz CT molecular complexity index is 1550. The van der Waals surface area contributed by atoms with Gasteiger partial charge in [-0.15, -0.1) is 11.3 Å². The van der Waals surface area contributed by atoms with Gasteiger partial charge in [-0.05, 0) is 39.1 Å². The van der Waals surface area contributed by atoms with Crippen LogP contribution in [0.2, 0.25) is 0 Å². The summed E-state index contributed by atoms with van der Waals surface area (Å²) in [5.41, 5.74) is 0.740. The van der Waals surface area contributed by atoms with Crippen molar-refractivity contribution in [3.8, 4) is 22.0 Å². The van der Waals surface area contributed by atoms with E-state index in [1.54, 1.807) is 30.2 Å². The number of H-pyrrole nitrogens is 1. The molecule has 4 aromatic rings. The van der Waals surface area contributed by atoms with E-state index in [2.05, 4.69) is 30.2 Å². The predicted octanol–water partition coefficient (Wildman–Crippen LogP) is 3.94. The molecule has 1 saturated heterocycles. The van der Waals surface area contributed by atoms with Crippen LogP contribution in [0.4, 0.5) is 14.6 Å². The second-order valence-corrected chi connectivity index (χ2v) is 10.7. The molecule has 0 spiro atoms. The van der Waals surface area contributed by atoms with Gasteiger partial charge in [0.2, 0.25) is 0 Å². The van der Waals surface area contributed by atoms with E-state index in [1.807, 2.05) is 7.05 Å². The third-order valence-electron chi connectivity index (χ3n) is 6.93. The zero-order chi connectivity index (χ0) is 27.8. The van der Waals surface area contributed by atoms with Gasteiger partial charge in [-0.25, -0.2) is 23.7 Å². The molecule has 1 aliphatic heterocycles. The molecular formula is C26H27F2N7O3S. The molecule has 0 saturated carbocycles. The molecule has 2 atom stereocenters. The van der Waals surface area contributed by atoms with Gasteiger partial charge < -0.3 is 25.2 Å². The van der Waals surface area contributed by atoms with E-state index in [-0.39, 0.29) is 23.2 Å². The summed E-state index contributed by atoms with van der Waals surface area (Å²) < 4.78 is 29.9. The number of halogens is 2. The zero-order valence-electron chi connectivity index (χ0n) is 21.5. The standard InChI is InChI=1S/C26H27F2N7O3S/c1-13(26(37)38)14(2)31-24-20(28)21(18-4-5-19(39-18)25(36)35-8-6-34(3)7-9-35)32-23(33-24)17-12-30-22-16(17)10-15(27)11-29-22/h4-5,10-14H,6-9H2,1-3H3,(H,29,30)(H,37,38)(H,31,32,33)/t13-,14-/m0/s1. The second-order valence-electron chi connectivity index (χ2n) is 9.63. The van der Waals surface area contributed by atoms with Crippen molar-refractivity contribution in [3.63, 3.8) is 0 Å². The fourth-order valence-corrected chi connectivity index (χ4v) is 5.25. The summed E-state index contributed by atoms with van der Waals surface area (Å²) in [7, 11) is 2.00. The number of carboxylic acid groups (broad SMARTS) is 1. The number of hydrogen-bond acceptors (Lipinski definition) is 8. The molecule has 0 aromatic carbocycles. The van der Waals surface area contributed by atoms with E-state index in [1.165, 1.54) is 13.0 Å². The van der Waals surface area contributed by atoms with Crippen LogP contribution in [0.1, 0.15) is 23.5 Å². The van der Waals surface area contributed by atoms with Crippen LogP contribution < -0.4 is 5.32 Å². The molecule has 1 amide bonds. The van der Waals surface area contributed by atoms with Crippen LogP contribution in [0.15, 0.2) is 30.6 Å². The number of nitrogens with one attached hydrogen (secondary N) is 2. The first kappa shape index (κ1) is 26.6. The van der Waals surface area contributed by atoms with E-state index in [0.717, 1.165) is 30.6 Å². The summed E-state index contributed by atoms with van der Waals surface area (Å²) in [6.45, 7) is 5.87. The van der Waals surface area contributed by atoms with Gasteiger partial charge in [-0.2, -0.15) is 0 Å². The number of carboxylic acids is 1. The van der Waals surface area contributed by atoms with Crippen molar-refractivity contribution in [2.75, 3.05) is 38.5 Å². The number of fused-ring (bicyclic) bond motifs is 1. The van der Waals surface area contributed by atoms with Crippen molar-refractivity contribution >= 4 is 40.1 Å². The van der Waals surface area contributed by atoms with E-state index >= 15 is 4.39 Å². The lowest BCUT2D eigenvalue weighted by Crippen LogP contribution is -2.46. The number of aromatic nitrogens is 4. The van der Waals surface area contributed by atoms with Crippen molar-refractivity contribution in [2.45, 2.75) is 19.9 Å². The minimum atomic E-state index is -1.05. The Morgan fingerprint density at radius 2 is 1.90 bits per heavy atom. The molecule has 1 aliphatic rings. The highest BCUT2D eigenvalue weighted by Gasteiger charge is 2.27. The van der Waals surface area contributed by atoms with Gasteiger partial charge in [0.15, 0.2) is 17.5 Å². The summed E-state index contributed by atoms with van der Waals surface area (Å²) >= 11 is 1.12. The molecule has 5 rings (SSSR count). The number of thiophene rings is 1. The van der Waals surface area contributed by atoms with Crippen molar-refractivity contribution in [2.24, 2.45) is 5.92 Å². The van der Waals surface area contributed by atoms with E-state index in [0.29, 0.717) is 39.4 Å². The Morgan fingerprint density at radius 3 is 2.62 bits per heavy atom. The van der Waals surface area contributed by atoms with Crippen molar-refractivity contribution < 1.29 is 23.5 Å². The quantitative estimate of drug-likeness (QED) is 0.313. The number of amides is 1. The molecule has 39 heavy (non-hydrogen) atoms. The molecule has 3 N–H and O–H groups in total. The number of pyridine rings is 1. The number of aromatic amines is 1. The van der Waals surface area contributed by atoms with Crippen LogP contribution in [0.5, 0.6) is 0 Å². The number of aliphatic carboxylic acids is 1. The number of anilines is 1. The molecule has 10 nitrogen and oxygen atoms in total. The van der Waals surface area contributed by atoms with Crippen molar-refractivity contribution in [1.29, 1.82) is 0 Å². The van der Waals surface area contributed by atoms with E-state index < -0.39 is 29.6 Å². The number of piperazine rings is 1. The third kappa shape index (κ3) is 5.32. The van der Waals surface area contributed by atoms with Crippen LogP contribution in [0.3, 0.4) is 0 Å². The zero-order valence-corrected chi connectivity index (χ0v) is 22.4. The van der Waals surface area contributed by atoms with Gasteiger partial charge in [0.1, 0.15) is 17.2 Å². The minimum absolute atomic E-state index is 0.0567. The van der Waals surface area contributed by atoms with Crippen LogP contribution in [0, 0.1) is 17.6 Å². The molecule has 0 bridgehead atoms. The first-order chi connectivity index (χ1) is 18.6. The highest BCUT2D eigenvalue weighted by molar-refractivity contribution is 7.17. The number of likely N-dealkylation sites (N-methyl/N-ethyl adjacent to an activating group) is 1. The van der Waals surface area contributed by atoms with E-state index in [4.69, 9.17) is 0 Å². The molecule has 4 aromatic heterocycles. The lowest BCUT2D eigenvalue weighted by Gasteiger charge is -2.32. The average molecular weight is 556 g/mol. The molecule has 204 valence electrons. The second kappa shape index (κ2) is 10.7. The number of hydrogen-bond donors (Lipinski definition) is 3.